The van der Waals surface area contributed by atoms with Gasteiger partial charge in [0.05, 0.1) is 5.56 Å². The van der Waals surface area contributed by atoms with Crippen LogP contribution in [0.25, 0.3) is 0 Å². The number of hydrogen-bond acceptors (Lipinski definition) is 3. The number of carbonyl (C=O) groups excluding carboxylic acids is 1. The average Bonchev–Trinajstić information content (AvgIpc) is 3.22. The number of likely N-dealkylation sites (N-methyl/N-ethyl adjacent to an activating group) is 1. The van der Waals surface area contributed by atoms with E-state index < -0.39 is 0 Å². The number of nitrogens with one attached hydrogen (secondary N) is 1. The lowest BCUT2D eigenvalue weighted by Gasteiger charge is -2.24. The van der Waals surface area contributed by atoms with Crippen LogP contribution >= 0.6 is 0 Å². The lowest BCUT2D eigenvalue weighted by atomic mass is 10.1. The summed E-state index contributed by atoms with van der Waals surface area (Å²) in [6.45, 7) is 4.70. The molecule has 104 valence electrons. The number of carbonyl (C=O) groups is 1. The number of rotatable bonds is 5. The van der Waals surface area contributed by atoms with Crippen LogP contribution in [0.2, 0.25) is 0 Å². The van der Waals surface area contributed by atoms with E-state index in [0.29, 0.717) is 29.9 Å². The zero-order valence-corrected chi connectivity index (χ0v) is 11.9. The highest BCUT2D eigenvalue weighted by atomic mass is 16.1. The zero-order chi connectivity index (χ0) is 14.0. The maximum absolute atomic E-state index is 12.1. The van der Waals surface area contributed by atoms with Crippen molar-refractivity contribution >= 4 is 11.6 Å². The van der Waals surface area contributed by atoms with Crippen LogP contribution in [0.3, 0.4) is 0 Å². The maximum atomic E-state index is 12.1. The molecule has 1 saturated carbocycles. The highest BCUT2D eigenvalue weighted by molar-refractivity contribution is 5.99. The average molecular weight is 261 g/mol. The third-order valence-electron chi connectivity index (χ3n) is 3.94. The molecule has 0 aromatic heterocycles. The Balaban J connectivity index is 1.92. The quantitative estimate of drug-likeness (QED) is 0.794. The lowest BCUT2D eigenvalue weighted by Crippen LogP contribution is -2.41. The minimum absolute atomic E-state index is 0.0859. The molecule has 1 atom stereocenters. The van der Waals surface area contributed by atoms with Crippen molar-refractivity contribution in [3.8, 4) is 0 Å². The van der Waals surface area contributed by atoms with E-state index in [-0.39, 0.29) is 5.91 Å². The van der Waals surface area contributed by atoms with Gasteiger partial charge < -0.3 is 11.1 Å². The molecular formula is C15H23N3O. The van der Waals surface area contributed by atoms with Gasteiger partial charge in [-0.25, -0.2) is 0 Å². The Morgan fingerprint density at radius 2 is 2.21 bits per heavy atom. The first-order valence-electron chi connectivity index (χ1n) is 6.86. The molecule has 2 rings (SSSR count). The molecule has 1 aliphatic carbocycles. The molecule has 1 aromatic rings. The maximum Gasteiger partial charge on any atom is 0.253 e. The highest BCUT2D eigenvalue weighted by Crippen LogP contribution is 2.26. The largest absolute Gasteiger partial charge is 0.398 e. The van der Waals surface area contributed by atoms with E-state index in [2.05, 4.69) is 24.2 Å². The third kappa shape index (κ3) is 3.26. The fourth-order valence-electron chi connectivity index (χ4n) is 2.20. The van der Waals surface area contributed by atoms with Gasteiger partial charge in [0.25, 0.3) is 5.91 Å². The topological polar surface area (TPSA) is 58.4 Å². The first-order valence-corrected chi connectivity index (χ1v) is 6.86. The third-order valence-corrected chi connectivity index (χ3v) is 3.94. The molecule has 0 spiro atoms. The molecule has 0 heterocycles. The highest BCUT2D eigenvalue weighted by Gasteiger charge is 2.29. The lowest BCUT2D eigenvalue weighted by molar-refractivity contribution is 0.0940. The second-order valence-corrected chi connectivity index (χ2v) is 5.49. The monoisotopic (exact) mass is 261 g/mol. The first kappa shape index (κ1) is 13.9. The van der Waals surface area contributed by atoms with Crippen LogP contribution in [-0.4, -0.2) is 36.5 Å². The summed E-state index contributed by atoms with van der Waals surface area (Å²) in [5.74, 6) is -0.0859. The second kappa shape index (κ2) is 5.61. The van der Waals surface area contributed by atoms with Crippen LogP contribution in [0, 0.1) is 6.92 Å². The number of para-hydroxylation sites is 1. The van der Waals surface area contributed by atoms with Crippen molar-refractivity contribution in [2.75, 3.05) is 19.3 Å². The Labute approximate surface area is 115 Å². The molecule has 0 bridgehead atoms. The van der Waals surface area contributed by atoms with Gasteiger partial charge in [-0.1, -0.05) is 12.1 Å². The predicted molar refractivity (Wildman–Crippen MR) is 78.2 cm³/mol. The second-order valence-electron chi connectivity index (χ2n) is 5.49. The Morgan fingerprint density at radius 1 is 1.53 bits per heavy atom. The molecule has 0 aliphatic heterocycles. The van der Waals surface area contributed by atoms with Crippen molar-refractivity contribution in [3.05, 3.63) is 29.3 Å². The normalized spacial score (nSPS) is 16.4. The summed E-state index contributed by atoms with van der Waals surface area (Å²) >= 11 is 0. The number of nitrogen functional groups attached to an aromatic ring is 1. The van der Waals surface area contributed by atoms with Crippen LogP contribution in [0.4, 0.5) is 5.69 Å². The summed E-state index contributed by atoms with van der Waals surface area (Å²) in [6.07, 6.45) is 2.55. The molecular weight excluding hydrogens is 238 g/mol. The number of anilines is 1. The molecule has 1 unspecified atom stereocenters. The Morgan fingerprint density at radius 3 is 2.84 bits per heavy atom. The van der Waals surface area contributed by atoms with Crippen LogP contribution in [0.15, 0.2) is 18.2 Å². The van der Waals surface area contributed by atoms with E-state index >= 15 is 0 Å². The molecule has 1 aliphatic rings. The number of amides is 1. The molecule has 0 saturated heterocycles. The minimum Gasteiger partial charge on any atom is -0.398 e. The Hall–Kier alpha value is -1.55. The molecule has 1 aromatic carbocycles. The van der Waals surface area contributed by atoms with E-state index in [9.17, 15) is 4.79 Å². The Kier molecular flexibility index (Phi) is 4.10. The number of hydrogen-bond donors (Lipinski definition) is 2. The SMILES string of the molecule is Cc1cccc(C(=O)NCC(C)N(C)C2CC2)c1N. The summed E-state index contributed by atoms with van der Waals surface area (Å²) in [4.78, 5) is 14.5. The zero-order valence-electron chi connectivity index (χ0n) is 11.9. The summed E-state index contributed by atoms with van der Waals surface area (Å²) in [7, 11) is 2.12. The van der Waals surface area contributed by atoms with E-state index in [0.717, 1.165) is 5.56 Å². The number of aryl methyl sites for hydroxylation is 1. The van der Waals surface area contributed by atoms with Crippen molar-refractivity contribution in [3.63, 3.8) is 0 Å². The van der Waals surface area contributed by atoms with Gasteiger partial charge in [0.15, 0.2) is 0 Å². The predicted octanol–water partition coefficient (Wildman–Crippen LogP) is 1.79. The number of nitrogens with two attached hydrogens (primary N) is 1. The van der Waals surface area contributed by atoms with E-state index in [1.165, 1.54) is 12.8 Å². The molecule has 3 N–H and O–H groups in total. The summed E-state index contributed by atoms with van der Waals surface area (Å²) < 4.78 is 0. The van der Waals surface area contributed by atoms with Gasteiger partial charge in [-0.2, -0.15) is 0 Å². The van der Waals surface area contributed by atoms with Gasteiger partial charge in [0.1, 0.15) is 0 Å². The fourth-order valence-corrected chi connectivity index (χ4v) is 2.20. The van der Waals surface area contributed by atoms with Crippen molar-refractivity contribution < 1.29 is 4.79 Å². The van der Waals surface area contributed by atoms with Crippen LogP contribution in [-0.2, 0) is 0 Å². The molecule has 0 radical (unpaired) electrons. The van der Waals surface area contributed by atoms with Crippen molar-refractivity contribution in [1.82, 2.24) is 10.2 Å². The van der Waals surface area contributed by atoms with E-state index in [1.807, 2.05) is 19.1 Å². The van der Waals surface area contributed by atoms with Crippen LogP contribution < -0.4 is 11.1 Å². The minimum atomic E-state index is -0.0859. The van der Waals surface area contributed by atoms with Gasteiger partial charge in [0.2, 0.25) is 0 Å². The summed E-state index contributed by atoms with van der Waals surface area (Å²) in [5.41, 5.74) is 8.02. The van der Waals surface area contributed by atoms with Crippen molar-refractivity contribution in [1.29, 1.82) is 0 Å². The smallest absolute Gasteiger partial charge is 0.253 e. The molecule has 1 amide bonds. The van der Waals surface area contributed by atoms with Crippen molar-refractivity contribution in [2.24, 2.45) is 0 Å². The first-order chi connectivity index (χ1) is 9.00. The Bertz CT molecular complexity index is 468. The molecule has 4 nitrogen and oxygen atoms in total. The molecule has 1 fully saturated rings. The van der Waals surface area contributed by atoms with Gasteiger partial charge in [-0.15, -0.1) is 0 Å². The molecule has 4 heteroatoms. The van der Waals surface area contributed by atoms with Gasteiger partial charge >= 0.3 is 0 Å². The van der Waals surface area contributed by atoms with Gasteiger partial charge in [0, 0.05) is 24.3 Å². The van der Waals surface area contributed by atoms with Gasteiger partial charge in [-0.05, 0) is 45.4 Å². The van der Waals surface area contributed by atoms with E-state index in [1.54, 1.807) is 6.07 Å². The number of nitrogens with zero attached hydrogens (tertiary/aromatic N) is 1. The number of benzene rings is 1. The fraction of sp³-hybridized carbons (Fsp3) is 0.533. The van der Waals surface area contributed by atoms with Crippen LogP contribution in [0.1, 0.15) is 35.7 Å². The van der Waals surface area contributed by atoms with Crippen molar-refractivity contribution in [2.45, 2.75) is 38.8 Å². The summed E-state index contributed by atoms with van der Waals surface area (Å²) in [6, 6.07) is 6.60. The van der Waals surface area contributed by atoms with Crippen LogP contribution in [0.5, 0.6) is 0 Å². The standard InChI is InChI=1S/C15H23N3O/c1-10-5-4-6-13(14(10)16)15(19)17-9-11(2)18(3)12-7-8-12/h4-6,11-12H,7-9,16H2,1-3H3,(H,17,19). The van der Waals surface area contributed by atoms with E-state index in [4.69, 9.17) is 5.73 Å². The summed E-state index contributed by atoms with van der Waals surface area (Å²) in [5, 5.41) is 2.97. The molecule has 19 heavy (non-hydrogen) atoms. The van der Waals surface area contributed by atoms with Gasteiger partial charge in [-0.3, -0.25) is 9.69 Å².